The standard InChI is InChI=1S/C52H56O5S/c1-10-55-42-24-32-21-33(25-42)23-35-16-14-18-37(50(35)57-12-3)27-41-29-38(28-40(47(41)53)26-36-17-13-15-34(22-32)49(36)56-11-2)45-19-20-46(58-45)39-30-43(51(4,5)6)48(54)44(31-39)52(7,8)9/h13-21,24-25,28-31H,10-12,22-23,26-27H2,1-9H3. The molecule has 0 amide bonds. The van der Waals surface area contributed by atoms with E-state index >= 15 is 0 Å². The summed E-state index contributed by atoms with van der Waals surface area (Å²) in [6.07, 6.45) is 10.5. The van der Waals surface area contributed by atoms with E-state index in [1.807, 2.05) is 20.8 Å². The van der Waals surface area contributed by atoms with Crippen LogP contribution in [0.5, 0.6) is 17.2 Å². The Kier molecular flexibility index (Phi) is 11.7. The summed E-state index contributed by atoms with van der Waals surface area (Å²) in [7, 11) is 0. The van der Waals surface area contributed by atoms with Gasteiger partial charge in [-0.1, -0.05) is 84.0 Å². The summed E-state index contributed by atoms with van der Waals surface area (Å²) >= 11 is 1.70. The minimum atomic E-state index is -0.301. The molecule has 3 aromatic carbocycles. The molecule has 0 unspecified atom stereocenters. The second kappa shape index (κ2) is 16.6. The number of fused-ring (bicyclic) bond motifs is 8. The van der Waals surface area contributed by atoms with E-state index in [-0.39, 0.29) is 22.4 Å². The van der Waals surface area contributed by atoms with Crippen LogP contribution in [0.3, 0.4) is 0 Å². The van der Waals surface area contributed by atoms with Gasteiger partial charge in [0.2, 0.25) is 0 Å². The smallest absolute Gasteiger partial charge is 0.186 e. The van der Waals surface area contributed by atoms with E-state index in [0.29, 0.717) is 45.5 Å². The van der Waals surface area contributed by atoms with Crippen molar-refractivity contribution >= 4 is 34.0 Å². The Labute approximate surface area is 348 Å². The van der Waals surface area contributed by atoms with Gasteiger partial charge in [-0.3, -0.25) is 9.59 Å². The Morgan fingerprint density at radius 1 is 0.517 bits per heavy atom. The molecule has 1 aromatic heterocycles. The molecule has 58 heavy (non-hydrogen) atoms. The third-order valence-corrected chi connectivity index (χ3v) is 12.1. The molecule has 0 atom stereocenters. The van der Waals surface area contributed by atoms with Gasteiger partial charge in [0.1, 0.15) is 17.2 Å². The van der Waals surface area contributed by atoms with E-state index in [2.05, 4.69) is 133 Å². The predicted octanol–water partition coefficient (Wildman–Crippen LogP) is 10.2. The monoisotopic (exact) mass is 792 g/mol. The number of Topliss-reactive ketones (excluding diaryl/α,β-unsaturated/α-hetero) is 2. The summed E-state index contributed by atoms with van der Waals surface area (Å²) in [5, 5.41) is 0. The van der Waals surface area contributed by atoms with E-state index in [9.17, 15) is 9.59 Å². The first-order chi connectivity index (χ1) is 27.7. The average molecular weight is 793 g/mol. The SMILES string of the molecule is CCOc1cc2cc(c1)Cc1cccc(c1OCC)CC1=CC(=c3ccc(=C4C=C(C(C)(C)C)C(=O)C(C(C)(C)C)=C4)s3)C=C(Cc3cccc(c3OCC)C2)C1=O. The molecule has 3 aliphatic carbocycles. The van der Waals surface area contributed by atoms with Crippen LogP contribution in [0.2, 0.25) is 0 Å². The molecular weight excluding hydrogens is 737 g/mol. The van der Waals surface area contributed by atoms with Gasteiger partial charge in [0, 0.05) is 57.0 Å². The van der Waals surface area contributed by atoms with Gasteiger partial charge >= 0.3 is 0 Å². The Morgan fingerprint density at radius 2 is 0.931 bits per heavy atom. The van der Waals surface area contributed by atoms with Crippen LogP contribution in [0, 0.1) is 10.8 Å². The predicted molar refractivity (Wildman–Crippen MR) is 237 cm³/mol. The van der Waals surface area contributed by atoms with Crippen LogP contribution in [0.25, 0.3) is 11.1 Å². The third-order valence-electron chi connectivity index (χ3n) is 10.9. The highest BCUT2D eigenvalue weighted by molar-refractivity contribution is 7.08. The average Bonchev–Trinajstić information content (AvgIpc) is 3.65. The number of hydrogen-bond donors (Lipinski definition) is 0. The van der Waals surface area contributed by atoms with E-state index < -0.39 is 0 Å². The Morgan fingerprint density at radius 3 is 1.34 bits per heavy atom. The number of carbonyl (C=O) groups excluding carboxylic acids is 2. The lowest BCUT2D eigenvalue weighted by molar-refractivity contribution is -0.114. The second-order valence-electron chi connectivity index (χ2n) is 17.5. The summed E-state index contributed by atoms with van der Waals surface area (Å²) < 4.78 is 21.1. The lowest BCUT2D eigenvalue weighted by atomic mass is 9.72. The number of benzene rings is 3. The van der Waals surface area contributed by atoms with Gasteiger partial charge in [0.15, 0.2) is 11.6 Å². The van der Waals surface area contributed by atoms with Crippen LogP contribution in [0.1, 0.15) is 95.7 Å². The molecule has 0 N–H and O–H groups in total. The van der Waals surface area contributed by atoms with Gasteiger partial charge in [-0.2, -0.15) is 0 Å². The molecular formula is C52H56O5S. The fourth-order valence-electron chi connectivity index (χ4n) is 8.22. The number of allylic oxidation sites excluding steroid dienone is 8. The number of para-hydroxylation sites is 2. The van der Waals surface area contributed by atoms with Crippen molar-refractivity contribution in [3.63, 3.8) is 0 Å². The number of ether oxygens (including phenoxy) is 3. The molecule has 1 heterocycles. The molecule has 3 aliphatic rings. The van der Waals surface area contributed by atoms with Crippen LogP contribution in [0.4, 0.5) is 0 Å². The zero-order valence-electron chi connectivity index (χ0n) is 35.6. The van der Waals surface area contributed by atoms with E-state index in [0.717, 1.165) is 93.1 Å². The highest BCUT2D eigenvalue weighted by atomic mass is 32.1. The molecule has 8 bridgehead atoms. The van der Waals surface area contributed by atoms with E-state index in [1.165, 1.54) is 0 Å². The van der Waals surface area contributed by atoms with Gasteiger partial charge in [-0.05, 0) is 125 Å². The zero-order valence-corrected chi connectivity index (χ0v) is 36.4. The maximum Gasteiger partial charge on any atom is 0.186 e. The molecule has 300 valence electrons. The molecule has 6 heteroatoms. The first kappa shape index (κ1) is 41.0. The number of rotatable bonds is 6. The molecule has 7 rings (SSSR count). The van der Waals surface area contributed by atoms with Crippen molar-refractivity contribution in [3.05, 3.63) is 156 Å². The summed E-state index contributed by atoms with van der Waals surface area (Å²) in [6.45, 7) is 20.3. The molecule has 0 fully saturated rings. The van der Waals surface area contributed by atoms with Crippen LogP contribution in [-0.2, 0) is 35.3 Å². The molecule has 0 aliphatic heterocycles. The molecule has 0 saturated heterocycles. The topological polar surface area (TPSA) is 61.8 Å². The van der Waals surface area contributed by atoms with Crippen molar-refractivity contribution in [1.82, 2.24) is 0 Å². The van der Waals surface area contributed by atoms with Gasteiger partial charge in [-0.25, -0.2) is 0 Å². The minimum absolute atomic E-state index is 0.0376. The lowest BCUT2D eigenvalue weighted by Crippen LogP contribution is -2.28. The first-order valence-electron chi connectivity index (χ1n) is 20.7. The van der Waals surface area contributed by atoms with Crippen LogP contribution in [-0.4, -0.2) is 31.4 Å². The first-order valence-corrected chi connectivity index (χ1v) is 21.5. The number of carbonyl (C=O) groups is 2. The summed E-state index contributed by atoms with van der Waals surface area (Å²) in [6, 6.07) is 23.4. The molecule has 0 radical (unpaired) electrons. The van der Waals surface area contributed by atoms with Crippen molar-refractivity contribution in [2.45, 2.75) is 88.0 Å². The van der Waals surface area contributed by atoms with Gasteiger partial charge in [0.25, 0.3) is 0 Å². The van der Waals surface area contributed by atoms with Crippen LogP contribution in [0.15, 0.2) is 113 Å². The van der Waals surface area contributed by atoms with Gasteiger partial charge < -0.3 is 14.2 Å². The Bertz CT molecular complexity index is 2400. The highest BCUT2D eigenvalue weighted by Crippen LogP contribution is 2.40. The zero-order chi connectivity index (χ0) is 41.4. The lowest BCUT2D eigenvalue weighted by Gasteiger charge is -2.31. The maximum absolute atomic E-state index is 14.7. The van der Waals surface area contributed by atoms with Crippen molar-refractivity contribution in [2.24, 2.45) is 10.8 Å². The second-order valence-corrected chi connectivity index (χ2v) is 18.6. The van der Waals surface area contributed by atoms with Gasteiger partial charge in [0.05, 0.1) is 19.8 Å². The number of thiophene rings is 1. The largest absolute Gasteiger partial charge is 0.494 e. The molecule has 0 saturated carbocycles. The maximum atomic E-state index is 14.7. The minimum Gasteiger partial charge on any atom is -0.494 e. The fourth-order valence-corrected chi connectivity index (χ4v) is 9.20. The van der Waals surface area contributed by atoms with Crippen LogP contribution >= 0.6 is 11.3 Å². The van der Waals surface area contributed by atoms with Crippen LogP contribution < -0.4 is 23.3 Å². The third kappa shape index (κ3) is 8.63. The molecule has 4 aromatic rings. The summed E-state index contributed by atoms with van der Waals surface area (Å²) in [5.41, 5.74) is 10.9. The molecule has 5 nitrogen and oxygen atoms in total. The number of hydrogen-bond acceptors (Lipinski definition) is 6. The highest BCUT2D eigenvalue weighted by Gasteiger charge is 2.34. The molecule has 0 spiro atoms. The normalized spacial score (nSPS) is 16.0. The van der Waals surface area contributed by atoms with E-state index in [1.54, 1.807) is 11.3 Å². The Hall–Kier alpha value is -5.20. The van der Waals surface area contributed by atoms with Crippen molar-refractivity contribution in [2.75, 3.05) is 19.8 Å². The Balaban J connectivity index is 1.45. The van der Waals surface area contributed by atoms with Crippen molar-refractivity contribution in [1.29, 1.82) is 0 Å². The fraction of sp³-hybridized carbons (Fsp3) is 0.346. The van der Waals surface area contributed by atoms with Gasteiger partial charge in [-0.15, -0.1) is 11.3 Å². The van der Waals surface area contributed by atoms with Crippen molar-refractivity contribution in [3.8, 4) is 17.2 Å². The number of ketones is 2. The quantitative estimate of drug-likeness (QED) is 0.195. The van der Waals surface area contributed by atoms with Crippen molar-refractivity contribution < 1.29 is 23.8 Å². The summed E-state index contributed by atoms with van der Waals surface area (Å²) in [5.74, 6) is 2.68. The van der Waals surface area contributed by atoms with E-state index in [4.69, 9.17) is 14.2 Å². The summed E-state index contributed by atoms with van der Waals surface area (Å²) in [4.78, 5) is 28.4.